The fourth-order valence-electron chi connectivity index (χ4n) is 1.88. The van der Waals surface area contributed by atoms with Gasteiger partial charge >= 0.3 is 5.97 Å². The summed E-state index contributed by atoms with van der Waals surface area (Å²) in [7, 11) is 1.31. The molecule has 0 aliphatic heterocycles. The van der Waals surface area contributed by atoms with Crippen LogP contribution in [0.3, 0.4) is 0 Å². The van der Waals surface area contributed by atoms with E-state index in [4.69, 9.17) is 0 Å². The van der Waals surface area contributed by atoms with E-state index in [1.165, 1.54) is 7.11 Å². The van der Waals surface area contributed by atoms with Crippen LogP contribution in [0.2, 0.25) is 0 Å². The van der Waals surface area contributed by atoms with Crippen LogP contribution in [0.5, 0.6) is 0 Å². The van der Waals surface area contributed by atoms with Gasteiger partial charge in [0.2, 0.25) is 5.91 Å². The fourth-order valence-corrected chi connectivity index (χ4v) is 1.88. The van der Waals surface area contributed by atoms with Gasteiger partial charge in [0.05, 0.1) is 7.11 Å². The average molecular weight is 248 g/mol. The zero-order valence-electron chi connectivity index (χ0n) is 10.3. The third kappa shape index (κ3) is 2.50. The summed E-state index contributed by atoms with van der Waals surface area (Å²) in [6, 6.07) is 3.81. The van der Waals surface area contributed by atoms with Crippen LogP contribution in [-0.2, 0) is 20.7 Å². The first-order valence-electron chi connectivity index (χ1n) is 5.95. The molecule has 0 radical (unpaired) electrons. The number of carbonyl (C=O) groups is 2. The maximum atomic E-state index is 11.9. The largest absolute Gasteiger partial charge is 0.468 e. The van der Waals surface area contributed by atoms with E-state index in [0.29, 0.717) is 25.8 Å². The van der Waals surface area contributed by atoms with Crippen LogP contribution in [0.4, 0.5) is 0 Å². The molecule has 0 unspecified atom stereocenters. The predicted octanol–water partition coefficient (Wildman–Crippen LogP) is 0.693. The van der Waals surface area contributed by atoms with E-state index >= 15 is 0 Å². The van der Waals surface area contributed by atoms with Gasteiger partial charge in [-0.15, -0.1) is 0 Å². The molecule has 1 heterocycles. The second-order valence-corrected chi connectivity index (χ2v) is 4.44. The van der Waals surface area contributed by atoms with Gasteiger partial charge in [0, 0.05) is 18.9 Å². The minimum absolute atomic E-state index is 0.224. The Balaban J connectivity index is 1.81. The third-order valence-electron chi connectivity index (χ3n) is 3.18. The molecule has 5 nitrogen and oxygen atoms in total. The molecule has 1 fully saturated rings. The maximum Gasteiger partial charge on any atom is 0.321 e. The highest BCUT2D eigenvalue weighted by Crippen LogP contribution is 2.46. The lowest BCUT2D eigenvalue weighted by molar-refractivity contribution is -0.152. The first-order chi connectivity index (χ1) is 8.69. The number of methoxy groups -OCH3 is 1. The topological polar surface area (TPSA) is 68.3 Å². The molecule has 1 amide bonds. The second kappa shape index (κ2) is 5.16. The van der Waals surface area contributed by atoms with Gasteiger partial charge in [-0.25, -0.2) is 0 Å². The molecular weight excluding hydrogens is 232 g/mol. The van der Waals surface area contributed by atoms with E-state index in [1.807, 2.05) is 12.1 Å². The lowest BCUT2D eigenvalue weighted by atomic mass is 10.1. The minimum Gasteiger partial charge on any atom is -0.468 e. The highest BCUT2D eigenvalue weighted by molar-refractivity contribution is 6.05. The summed E-state index contributed by atoms with van der Waals surface area (Å²) >= 11 is 0. The van der Waals surface area contributed by atoms with Crippen molar-refractivity contribution in [3.63, 3.8) is 0 Å². The summed E-state index contributed by atoms with van der Waals surface area (Å²) in [5.41, 5.74) is 0.143. The van der Waals surface area contributed by atoms with Crippen molar-refractivity contribution in [3.8, 4) is 0 Å². The van der Waals surface area contributed by atoms with E-state index in [9.17, 15) is 9.59 Å². The van der Waals surface area contributed by atoms with Crippen molar-refractivity contribution in [2.75, 3.05) is 13.7 Å². The van der Waals surface area contributed by atoms with Gasteiger partial charge in [-0.1, -0.05) is 6.07 Å². The van der Waals surface area contributed by atoms with E-state index in [-0.39, 0.29) is 5.91 Å². The number of carbonyl (C=O) groups excluding carboxylic acids is 2. The van der Waals surface area contributed by atoms with Crippen LogP contribution >= 0.6 is 0 Å². The molecule has 18 heavy (non-hydrogen) atoms. The summed E-state index contributed by atoms with van der Waals surface area (Å²) in [5, 5.41) is 2.78. The molecule has 2 rings (SSSR count). The van der Waals surface area contributed by atoms with Crippen molar-refractivity contribution in [2.45, 2.75) is 19.3 Å². The zero-order chi connectivity index (χ0) is 13.0. The number of hydrogen-bond acceptors (Lipinski definition) is 4. The van der Waals surface area contributed by atoms with Gasteiger partial charge in [0.15, 0.2) is 0 Å². The summed E-state index contributed by atoms with van der Waals surface area (Å²) in [4.78, 5) is 27.4. The highest BCUT2D eigenvalue weighted by Gasteiger charge is 2.57. The average Bonchev–Trinajstić information content (AvgIpc) is 3.20. The molecule has 0 atom stereocenters. The Kier molecular flexibility index (Phi) is 3.60. The predicted molar refractivity (Wildman–Crippen MR) is 64.6 cm³/mol. The molecule has 0 aromatic carbocycles. The number of hydrogen-bond donors (Lipinski definition) is 1. The van der Waals surface area contributed by atoms with Crippen molar-refractivity contribution in [2.24, 2.45) is 5.41 Å². The van der Waals surface area contributed by atoms with Crippen molar-refractivity contribution < 1.29 is 14.3 Å². The Morgan fingerprint density at radius 2 is 2.28 bits per heavy atom. The van der Waals surface area contributed by atoms with Gasteiger partial charge in [0.1, 0.15) is 5.41 Å². The lowest BCUT2D eigenvalue weighted by Gasteiger charge is -2.12. The number of esters is 1. The van der Waals surface area contributed by atoms with Crippen molar-refractivity contribution >= 4 is 11.9 Å². The molecule has 1 aliphatic rings. The second-order valence-electron chi connectivity index (χ2n) is 4.44. The Morgan fingerprint density at radius 3 is 2.83 bits per heavy atom. The van der Waals surface area contributed by atoms with Gasteiger partial charge in [-0.3, -0.25) is 14.6 Å². The van der Waals surface area contributed by atoms with Crippen LogP contribution < -0.4 is 5.32 Å². The summed E-state index contributed by atoms with van der Waals surface area (Å²) < 4.78 is 4.65. The summed E-state index contributed by atoms with van der Waals surface area (Å²) in [5.74, 6) is -0.653. The number of nitrogens with one attached hydrogen (secondary N) is 1. The molecule has 0 bridgehead atoms. The molecule has 96 valence electrons. The quantitative estimate of drug-likeness (QED) is 0.615. The molecule has 1 aromatic heterocycles. The lowest BCUT2D eigenvalue weighted by Crippen LogP contribution is -2.38. The Morgan fingerprint density at radius 1 is 1.50 bits per heavy atom. The zero-order valence-corrected chi connectivity index (χ0v) is 10.3. The standard InChI is InChI=1S/C13H16N2O3/c1-18-12(17)13(5-6-13)11(16)15-8-4-10-3-2-7-14-9-10/h2-3,7,9H,4-6,8H2,1H3,(H,15,16). The maximum absolute atomic E-state index is 11.9. The van der Waals surface area contributed by atoms with E-state index in [2.05, 4.69) is 15.0 Å². The highest BCUT2D eigenvalue weighted by atomic mass is 16.5. The number of aromatic nitrogens is 1. The smallest absolute Gasteiger partial charge is 0.321 e. The number of amides is 1. The van der Waals surface area contributed by atoms with E-state index in [1.54, 1.807) is 12.4 Å². The molecule has 1 saturated carbocycles. The fraction of sp³-hybridized carbons (Fsp3) is 0.462. The summed E-state index contributed by atoms with van der Waals surface area (Å²) in [6.07, 6.45) is 5.34. The number of rotatable bonds is 5. The van der Waals surface area contributed by atoms with Gasteiger partial charge < -0.3 is 10.1 Å². The SMILES string of the molecule is COC(=O)C1(C(=O)NCCc2cccnc2)CC1. The molecule has 1 aromatic rings. The Hall–Kier alpha value is -1.91. The normalized spacial score (nSPS) is 15.8. The molecule has 1 aliphatic carbocycles. The number of nitrogens with zero attached hydrogens (tertiary/aromatic N) is 1. The van der Waals surface area contributed by atoms with Crippen LogP contribution in [0, 0.1) is 5.41 Å². The van der Waals surface area contributed by atoms with Crippen LogP contribution in [0.25, 0.3) is 0 Å². The van der Waals surface area contributed by atoms with Gasteiger partial charge in [-0.2, -0.15) is 0 Å². The molecule has 0 saturated heterocycles. The third-order valence-corrected chi connectivity index (χ3v) is 3.18. The van der Waals surface area contributed by atoms with Crippen molar-refractivity contribution in [1.82, 2.24) is 10.3 Å². The Bertz CT molecular complexity index is 441. The minimum atomic E-state index is -0.913. The van der Waals surface area contributed by atoms with E-state index in [0.717, 1.165) is 5.56 Å². The number of ether oxygens (including phenoxy) is 1. The van der Waals surface area contributed by atoms with Crippen LogP contribution in [0.1, 0.15) is 18.4 Å². The summed E-state index contributed by atoms with van der Waals surface area (Å²) in [6.45, 7) is 0.503. The van der Waals surface area contributed by atoms with Gasteiger partial charge in [0.25, 0.3) is 0 Å². The Labute approximate surface area is 106 Å². The monoisotopic (exact) mass is 248 g/mol. The van der Waals surface area contributed by atoms with E-state index < -0.39 is 11.4 Å². The first kappa shape index (κ1) is 12.5. The molecule has 5 heteroatoms. The molecular formula is C13H16N2O3. The van der Waals surface area contributed by atoms with Crippen molar-refractivity contribution in [3.05, 3.63) is 30.1 Å². The molecule has 0 spiro atoms. The van der Waals surface area contributed by atoms with Crippen LogP contribution in [-0.4, -0.2) is 30.5 Å². The van der Waals surface area contributed by atoms with Gasteiger partial charge in [-0.05, 0) is 30.9 Å². The first-order valence-corrected chi connectivity index (χ1v) is 5.95. The number of pyridine rings is 1. The van der Waals surface area contributed by atoms with Crippen molar-refractivity contribution in [1.29, 1.82) is 0 Å². The van der Waals surface area contributed by atoms with Crippen LogP contribution in [0.15, 0.2) is 24.5 Å². The molecule has 1 N–H and O–H groups in total.